The first-order valence-corrected chi connectivity index (χ1v) is 7.69. The maximum absolute atomic E-state index is 6.13. The second-order valence-corrected chi connectivity index (χ2v) is 7.29. The minimum absolute atomic E-state index is 0.242. The first kappa shape index (κ1) is 14.6. The van der Waals surface area contributed by atoms with Crippen LogP contribution in [0.1, 0.15) is 36.1 Å². The molecule has 0 radical (unpaired) electrons. The number of nitrogens with one attached hydrogen (secondary N) is 1. The molecule has 3 heteroatoms. The van der Waals surface area contributed by atoms with Crippen LogP contribution < -0.4 is 5.32 Å². The second-order valence-electron chi connectivity index (χ2n) is 5.71. The summed E-state index contributed by atoms with van der Waals surface area (Å²) in [5.74, 6) is 0. The van der Waals surface area contributed by atoms with E-state index in [2.05, 4.69) is 44.3 Å². The molecule has 0 aliphatic carbocycles. The van der Waals surface area contributed by atoms with Gasteiger partial charge < -0.3 is 5.32 Å². The second kappa shape index (κ2) is 6.08. The quantitative estimate of drug-likeness (QED) is 0.837. The summed E-state index contributed by atoms with van der Waals surface area (Å²) in [7, 11) is 0. The molecule has 0 unspecified atom stereocenters. The van der Waals surface area contributed by atoms with E-state index >= 15 is 0 Å². The molecule has 2 aromatic rings. The van der Waals surface area contributed by atoms with Crippen molar-refractivity contribution in [3.8, 4) is 0 Å². The van der Waals surface area contributed by atoms with Crippen LogP contribution in [0.2, 0.25) is 5.02 Å². The predicted octanol–water partition coefficient (Wildman–Crippen LogP) is 4.99. The predicted molar refractivity (Wildman–Crippen MR) is 85.0 cm³/mol. The summed E-state index contributed by atoms with van der Waals surface area (Å²) < 4.78 is 0. The van der Waals surface area contributed by atoms with Gasteiger partial charge in [0.05, 0.1) is 0 Å². The number of rotatable bonds is 4. The van der Waals surface area contributed by atoms with Gasteiger partial charge in [-0.15, -0.1) is 11.3 Å². The third-order valence-corrected chi connectivity index (χ3v) is 4.85. The third kappa shape index (κ3) is 4.07. The van der Waals surface area contributed by atoms with Crippen LogP contribution in [0.15, 0.2) is 36.4 Å². The molecule has 1 aromatic carbocycles. The van der Waals surface area contributed by atoms with Gasteiger partial charge in [-0.2, -0.15) is 0 Å². The van der Waals surface area contributed by atoms with Crippen molar-refractivity contribution in [2.45, 2.75) is 39.3 Å². The fraction of sp³-hybridized carbons (Fsp3) is 0.375. The van der Waals surface area contributed by atoms with E-state index in [0.29, 0.717) is 0 Å². The van der Waals surface area contributed by atoms with Gasteiger partial charge in [0.1, 0.15) is 0 Å². The number of hydrogen-bond donors (Lipinski definition) is 1. The molecule has 0 aliphatic heterocycles. The SMILES string of the molecule is CC(C)(C)c1ccc(CNCc2ccccc2Cl)s1. The van der Waals surface area contributed by atoms with Gasteiger partial charge in [0.25, 0.3) is 0 Å². The molecule has 0 fully saturated rings. The van der Waals surface area contributed by atoms with Crippen molar-refractivity contribution in [2.24, 2.45) is 0 Å². The normalized spacial score (nSPS) is 11.8. The van der Waals surface area contributed by atoms with E-state index in [9.17, 15) is 0 Å². The van der Waals surface area contributed by atoms with E-state index < -0.39 is 0 Å². The molecule has 0 atom stereocenters. The molecule has 1 aromatic heterocycles. The highest BCUT2D eigenvalue weighted by Gasteiger charge is 2.15. The molecular formula is C16H20ClNS. The summed E-state index contributed by atoms with van der Waals surface area (Å²) in [5, 5.41) is 4.28. The molecule has 19 heavy (non-hydrogen) atoms. The van der Waals surface area contributed by atoms with Gasteiger partial charge in [0.15, 0.2) is 0 Å². The molecular weight excluding hydrogens is 274 g/mol. The summed E-state index contributed by atoms with van der Waals surface area (Å²) in [6.45, 7) is 8.45. The number of benzene rings is 1. The van der Waals surface area contributed by atoms with Crippen LogP contribution in [0.4, 0.5) is 0 Å². The van der Waals surface area contributed by atoms with Gasteiger partial charge in [-0.3, -0.25) is 0 Å². The average Bonchev–Trinajstić information content (AvgIpc) is 2.80. The Morgan fingerprint density at radius 2 is 1.79 bits per heavy atom. The van der Waals surface area contributed by atoms with Crippen molar-refractivity contribution in [1.82, 2.24) is 5.32 Å². The van der Waals surface area contributed by atoms with Crippen molar-refractivity contribution in [3.63, 3.8) is 0 Å². The zero-order chi connectivity index (χ0) is 13.9. The van der Waals surface area contributed by atoms with Gasteiger partial charge in [0.2, 0.25) is 0 Å². The highest BCUT2D eigenvalue weighted by Crippen LogP contribution is 2.29. The zero-order valence-corrected chi connectivity index (χ0v) is 13.2. The van der Waals surface area contributed by atoms with Crippen molar-refractivity contribution < 1.29 is 0 Å². The van der Waals surface area contributed by atoms with E-state index in [0.717, 1.165) is 23.7 Å². The van der Waals surface area contributed by atoms with Gasteiger partial charge in [-0.1, -0.05) is 50.6 Å². The minimum Gasteiger partial charge on any atom is -0.308 e. The zero-order valence-electron chi connectivity index (χ0n) is 11.7. The molecule has 0 amide bonds. The van der Waals surface area contributed by atoms with Crippen molar-refractivity contribution in [1.29, 1.82) is 0 Å². The standard InChI is InChI=1S/C16H20ClNS/c1-16(2,3)15-9-8-13(19-15)11-18-10-12-6-4-5-7-14(12)17/h4-9,18H,10-11H2,1-3H3. The lowest BCUT2D eigenvalue weighted by molar-refractivity contribution is 0.604. The average molecular weight is 294 g/mol. The maximum Gasteiger partial charge on any atom is 0.0450 e. The maximum atomic E-state index is 6.13. The summed E-state index contributed by atoms with van der Waals surface area (Å²) in [6, 6.07) is 12.4. The van der Waals surface area contributed by atoms with Crippen LogP contribution in [-0.4, -0.2) is 0 Å². The molecule has 2 rings (SSSR count). The molecule has 1 heterocycles. The smallest absolute Gasteiger partial charge is 0.0450 e. The number of hydrogen-bond acceptors (Lipinski definition) is 2. The largest absolute Gasteiger partial charge is 0.308 e. The Bertz CT molecular complexity index is 540. The van der Waals surface area contributed by atoms with Crippen molar-refractivity contribution >= 4 is 22.9 Å². The van der Waals surface area contributed by atoms with Crippen LogP contribution >= 0.6 is 22.9 Å². The lowest BCUT2D eigenvalue weighted by atomic mass is 9.95. The molecule has 0 saturated carbocycles. The van der Waals surface area contributed by atoms with Gasteiger partial charge in [-0.25, -0.2) is 0 Å². The Balaban J connectivity index is 1.90. The molecule has 0 bridgehead atoms. The Morgan fingerprint density at radius 3 is 2.42 bits per heavy atom. The first-order valence-electron chi connectivity index (χ1n) is 6.50. The fourth-order valence-corrected chi connectivity index (χ4v) is 3.08. The topological polar surface area (TPSA) is 12.0 Å². The first-order chi connectivity index (χ1) is 8.97. The third-order valence-electron chi connectivity index (χ3n) is 2.97. The fourth-order valence-electron chi connectivity index (χ4n) is 1.84. The molecule has 1 nitrogen and oxygen atoms in total. The van der Waals surface area contributed by atoms with Gasteiger partial charge in [-0.05, 0) is 29.2 Å². The van der Waals surface area contributed by atoms with Crippen LogP contribution in [0.5, 0.6) is 0 Å². The van der Waals surface area contributed by atoms with Crippen molar-refractivity contribution in [3.05, 3.63) is 56.7 Å². The Kier molecular flexibility index (Phi) is 4.67. The molecule has 102 valence electrons. The van der Waals surface area contributed by atoms with Gasteiger partial charge in [0, 0.05) is 27.9 Å². The molecule has 0 spiro atoms. The van der Waals surface area contributed by atoms with Crippen LogP contribution in [-0.2, 0) is 18.5 Å². The highest BCUT2D eigenvalue weighted by atomic mass is 35.5. The number of halogens is 1. The molecule has 1 N–H and O–H groups in total. The highest BCUT2D eigenvalue weighted by molar-refractivity contribution is 7.12. The van der Waals surface area contributed by atoms with Crippen LogP contribution in [0.25, 0.3) is 0 Å². The van der Waals surface area contributed by atoms with E-state index in [1.54, 1.807) is 0 Å². The molecule has 0 saturated heterocycles. The Morgan fingerprint density at radius 1 is 1.05 bits per heavy atom. The van der Waals surface area contributed by atoms with E-state index in [-0.39, 0.29) is 5.41 Å². The Labute approximate surface area is 124 Å². The van der Waals surface area contributed by atoms with Crippen molar-refractivity contribution in [2.75, 3.05) is 0 Å². The van der Waals surface area contributed by atoms with E-state index in [1.165, 1.54) is 9.75 Å². The molecule has 0 aliphatic rings. The summed E-state index contributed by atoms with van der Waals surface area (Å²) in [6.07, 6.45) is 0. The minimum atomic E-state index is 0.242. The summed E-state index contributed by atoms with van der Waals surface area (Å²) >= 11 is 8.02. The lowest BCUT2D eigenvalue weighted by Gasteiger charge is -2.15. The number of thiophene rings is 1. The van der Waals surface area contributed by atoms with E-state index in [4.69, 9.17) is 11.6 Å². The summed E-state index contributed by atoms with van der Waals surface area (Å²) in [5.41, 5.74) is 1.39. The van der Waals surface area contributed by atoms with Gasteiger partial charge >= 0.3 is 0 Å². The van der Waals surface area contributed by atoms with E-state index in [1.807, 2.05) is 29.5 Å². The Hall–Kier alpha value is -0.830. The van der Waals surface area contributed by atoms with Crippen LogP contribution in [0, 0.1) is 0 Å². The van der Waals surface area contributed by atoms with Crippen LogP contribution in [0.3, 0.4) is 0 Å². The summed E-state index contributed by atoms with van der Waals surface area (Å²) in [4.78, 5) is 2.80. The lowest BCUT2D eigenvalue weighted by Crippen LogP contribution is -2.12. The monoisotopic (exact) mass is 293 g/mol.